The molecule has 0 aliphatic heterocycles. The molecular weight excluding hydrogens is 328 g/mol. The van der Waals surface area contributed by atoms with E-state index in [9.17, 15) is 4.79 Å². The Morgan fingerprint density at radius 3 is 2.54 bits per heavy atom. The highest BCUT2D eigenvalue weighted by Crippen LogP contribution is 2.15. The van der Waals surface area contributed by atoms with E-state index >= 15 is 0 Å². The standard InChI is InChI=1S/C20H22N4O2/c1-15-8-10-17(11-9-15)24-18(14-26-2)19(22-23-24)20(25)21-13-12-16-6-4-3-5-7-16/h3-11H,12-14H2,1-2H3,(H,21,25). The molecule has 134 valence electrons. The summed E-state index contributed by atoms with van der Waals surface area (Å²) < 4.78 is 6.90. The fraction of sp³-hybridized carbons (Fsp3) is 0.250. The number of benzene rings is 2. The Morgan fingerprint density at radius 1 is 1.12 bits per heavy atom. The molecule has 6 heteroatoms. The van der Waals surface area contributed by atoms with Gasteiger partial charge in [-0.3, -0.25) is 4.79 Å². The van der Waals surface area contributed by atoms with Crippen LogP contribution in [0.5, 0.6) is 0 Å². The quantitative estimate of drug-likeness (QED) is 0.711. The minimum Gasteiger partial charge on any atom is -0.378 e. The van der Waals surface area contributed by atoms with Gasteiger partial charge in [0.15, 0.2) is 5.69 Å². The fourth-order valence-corrected chi connectivity index (χ4v) is 2.69. The van der Waals surface area contributed by atoms with Gasteiger partial charge >= 0.3 is 0 Å². The summed E-state index contributed by atoms with van der Waals surface area (Å²) in [6.45, 7) is 2.81. The normalized spacial score (nSPS) is 10.7. The Balaban J connectivity index is 1.74. The van der Waals surface area contributed by atoms with E-state index in [4.69, 9.17) is 4.74 Å². The molecule has 2 aromatic carbocycles. The number of nitrogens with zero attached hydrogens (tertiary/aromatic N) is 3. The summed E-state index contributed by atoms with van der Waals surface area (Å²) in [5.41, 5.74) is 4.10. The van der Waals surface area contributed by atoms with Gasteiger partial charge in [0.05, 0.1) is 12.3 Å². The van der Waals surface area contributed by atoms with Crippen molar-refractivity contribution in [3.05, 3.63) is 77.1 Å². The van der Waals surface area contributed by atoms with Crippen molar-refractivity contribution in [3.63, 3.8) is 0 Å². The maximum Gasteiger partial charge on any atom is 0.273 e. The molecule has 1 N–H and O–H groups in total. The number of aromatic nitrogens is 3. The average Bonchev–Trinajstić information content (AvgIpc) is 3.07. The van der Waals surface area contributed by atoms with Crippen LogP contribution >= 0.6 is 0 Å². The number of methoxy groups -OCH3 is 1. The van der Waals surface area contributed by atoms with Crippen LogP contribution in [0.2, 0.25) is 0 Å². The summed E-state index contributed by atoms with van der Waals surface area (Å²) >= 11 is 0. The molecule has 26 heavy (non-hydrogen) atoms. The number of amides is 1. The summed E-state index contributed by atoms with van der Waals surface area (Å²) in [7, 11) is 1.59. The van der Waals surface area contributed by atoms with E-state index in [1.54, 1.807) is 11.8 Å². The van der Waals surface area contributed by atoms with Crippen molar-refractivity contribution in [1.82, 2.24) is 20.3 Å². The predicted octanol–water partition coefficient (Wildman–Crippen LogP) is 2.69. The van der Waals surface area contributed by atoms with Crippen LogP contribution in [-0.2, 0) is 17.8 Å². The van der Waals surface area contributed by atoms with E-state index < -0.39 is 0 Å². The molecule has 0 spiro atoms. The Hall–Kier alpha value is -2.99. The molecule has 0 aliphatic rings. The summed E-state index contributed by atoms with van der Waals surface area (Å²) in [5.74, 6) is -0.244. The van der Waals surface area contributed by atoms with Crippen LogP contribution < -0.4 is 5.32 Å². The number of carbonyl (C=O) groups is 1. The van der Waals surface area contributed by atoms with Crippen molar-refractivity contribution < 1.29 is 9.53 Å². The third kappa shape index (κ3) is 4.15. The van der Waals surface area contributed by atoms with E-state index in [0.29, 0.717) is 17.9 Å². The minimum atomic E-state index is -0.244. The molecule has 0 radical (unpaired) electrons. The first-order valence-electron chi connectivity index (χ1n) is 8.51. The predicted molar refractivity (Wildman–Crippen MR) is 99.3 cm³/mol. The summed E-state index contributed by atoms with van der Waals surface area (Å²) in [5, 5.41) is 11.1. The molecule has 0 aliphatic carbocycles. The van der Waals surface area contributed by atoms with Crippen LogP contribution in [0.25, 0.3) is 5.69 Å². The molecule has 3 aromatic rings. The molecule has 1 amide bonds. The molecule has 0 bridgehead atoms. The lowest BCUT2D eigenvalue weighted by atomic mass is 10.1. The van der Waals surface area contributed by atoms with Crippen molar-refractivity contribution in [2.45, 2.75) is 20.0 Å². The lowest BCUT2D eigenvalue weighted by Crippen LogP contribution is -2.27. The van der Waals surface area contributed by atoms with Gasteiger partial charge in [-0.15, -0.1) is 5.10 Å². The Bertz CT molecular complexity index is 857. The first kappa shape index (κ1) is 17.8. The maximum atomic E-state index is 12.5. The fourth-order valence-electron chi connectivity index (χ4n) is 2.69. The van der Waals surface area contributed by atoms with Crippen molar-refractivity contribution >= 4 is 5.91 Å². The number of aryl methyl sites for hydroxylation is 1. The molecular formula is C20H22N4O2. The van der Waals surface area contributed by atoms with Crippen LogP contribution in [0.15, 0.2) is 54.6 Å². The topological polar surface area (TPSA) is 69.0 Å². The molecule has 0 atom stereocenters. The third-order valence-corrected chi connectivity index (χ3v) is 4.08. The van der Waals surface area contributed by atoms with Gasteiger partial charge in [0, 0.05) is 13.7 Å². The smallest absolute Gasteiger partial charge is 0.273 e. The second-order valence-corrected chi connectivity index (χ2v) is 6.06. The number of nitrogens with one attached hydrogen (secondary N) is 1. The molecule has 0 saturated carbocycles. The van der Waals surface area contributed by atoms with Crippen LogP contribution in [0.4, 0.5) is 0 Å². The highest BCUT2D eigenvalue weighted by molar-refractivity contribution is 5.93. The lowest BCUT2D eigenvalue weighted by molar-refractivity contribution is 0.0943. The molecule has 1 aromatic heterocycles. The summed E-state index contributed by atoms with van der Waals surface area (Å²) in [4.78, 5) is 12.5. The second kappa shape index (κ2) is 8.40. The van der Waals surface area contributed by atoms with Gasteiger partial charge in [-0.2, -0.15) is 0 Å². The lowest BCUT2D eigenvalue weighted by Gasteiger charge is -2.08. The third-order valence-electron chi connectivity index (χ3n) is 4.08. The SMILES string of the molecule is COCc1c(C(=O)NCCc2ccccc2)nnn1-c1ccc(C)cc1. The van der Waals surface area contributed by atoms with Crippen LogP contribution in [-0.4, -0.2) is 34.6 Å². The summed E-state index contributed by atoms with van der Waals surface area (Å²) in [6, 6.07) is 17.9. The Morgan fingerprint density at radius 2 is 1.85 bits per heavy atom. The van der Waals surface area contributed by atoms with E-state index in [-0.39, 0.29) is 12.5 Å². The Labute approximate surface area is 152 Å². The van der Waals surface area contributed by atoms with E-state index in [2.05, 4.69) is 15.6 Å². The molecule has 6 nitrogen and oxygen atoms in total. The van der Waals surface area contributed by atoms with Gasteiger partial charge in [-0.25, -0.2) is 4.68 Å². The number of hydrogen-bond donors (Lipinski definition) is 1. The maximum absolute atomic E-state index is 12.5. The van der Waals surface area contributed by atoms with Crippen molar-refractivity contribution in [1.29, 1.82) is 0 Å². The minimum absolute atomic E-state index is 0.244. The number of carbonyl (C=O) groups excluding carboxylic acids is 1. The van der Waals surface area contributed by atoms with Gasteiger partial charge in [0.1, 0.15) is 5.69 Å². The van der Waals surface area contributed by atoms with Crippen molar-refractivity contribution in [3.8, 4) is 5.69 Å². The van der Waals surface area contributed by atoms with Gasteiger partial charge in [0.2, 0.25) is 0 Å². The Kier molecular flexibility index (Phi) is 5.76. The monoisotopic (exact) mass is 350 g/mol. The van der Waals surface area contributed by atoms with Crippen LogP contribution in [0.3, 0.4) is 0 Å². The van der Waals surface area contributed by atoms with Gasteiger partial charge in [-0.05, 0) is 31.0 Å². The average molecular weight is 350 g/mol. The van der Waals surface area contributed by atoms with Gasteiger partial charge in [-0.1, -0.05) is 53.2 Å². The second-order valence-electron chi connectivity index (χ2n) is 6.06. The molecule has 0 fully saturated rings. The number of hydrogen-bond acceptors (Lipinski definition) is 4. The largest absolute Gasteiger partial charge is 0.378 e. The van der Waals surface area contributed by atoms with Crippen LogP contribution in [0.1, 0.15) is 27.3 Å². The molecule has 0 saturated heterocycles. The number of rotatable bonds is 7. The van der Waals surface area contributed by atoms with E-state index in [0.717, 1.165) is 17.7 Å². The van der Waals surface area contributed by atoms with E-state index in [1.165, 1.54) is 5.56 Å². The highest BCUT2D eigenvalue weighted by atomic mass is 16.5. The number of ether oxygens (including phenoxy) is 1. The van der Waals surface area contributed by atoms with Gasteiger partial charge in [0.25, 0.3) is 5.91 Å². The van der Waals surface area contributed by atoms with Crippen molar-refractivity contribution in [2.24, 2.45) is 0 Å². The van der Waals surface area contributed by atoms with Crippen LogP contribution in [0, 0.1) is 6.92 Å². The first-order valence-corrected chi connectivity index (χ1v) is 8.51. The van der Waals surface area contributed by atoms with Gasteiger partial charge < -0.3 is 10.1 Å². The molecule has 3 rings (SSSR count). The highest BCUT2D eigenvalue weighted by Gasteiger charge is 2.20. The summed E-state index contributed by atoms with van der Waals surface area (Å²) in [6.07, 6.45) is 0.762. The zero-order valence-electron chi connectivity index (χ0n) is 15.0. The zero-order chi connectivity index (χ0) is 18.4. The molecule has 0 unspecified atom stereocenters. The first-order chi connectivity index (χ1) is 12.7. The van der Waals surface area contributed by atoms with Crippen molar-refractivity contribution in [2.75, 3.05) is 13.7 Å². The zero-order valence-corrected chi connectivity index (χ0v) is 15.0. The molecule has 1 heterocycles. The van der Waals surface area contributed by atoms with E-state index in [1.807, 2.05) is 61.5 Å².